The molecule has 0 aliphatic rings. The molecule has 2 atom stereocenters. The maximum absolute atomic E-state index is 9.88. The summed E-state index contributed by atoms with van der Waals surface area (Å²) >= 11 is 0. The van der Waals surface area contributed by atoms with E-state index in [2.05, 4.69) is 34.6 Å². The van der Waals surface area contributed by atoms with Crippen LogP contribution in [-0.4, -0.2) is 55.3 Å². The van der Waals surface area contributed by atoms with Gasteiger partial charge in [0.05, 0.1) is 31.6 Å². The zero-order chi connectivity index (χ0) is 20.1. The van der Waals surface area contributed by atoms with E-state index in [1.807, 2.05) is 30.3 Å². The third kappa shape index (κ3) is 4.41. The van der Waals surface area contributed by atoms with E-state index in [0.717, 1.165) is 16.9 Å². The van der Waals surface area contributed by atoms with Crippen molar-refractivity contribution in [2.75, 3.05) is 23.8 Å². The van der Waals surface area contributed by atoms with Crippen molar-refractivity contribution in [2.45, 2.75) is 38.5 Å². The number of rotatable bonds is 9. The molecule has 3 aromatic rings. The minimum absolute atomic E-state index is 0.235. The van der Waals surface area contributed by atoms with Crippen molar-refractivity contribution in [1.29, 1.82) is 0 Å². The normalized spacial score (nSPS) is 13.6. The van der Waals surface area contributed by atoms with Gasteiger partial charge in [0.25, 0.3) is 0 Å². The van der Waals surface area contributed by atoms with E-state index < -0.39 is 18.8 Å². The van der Waals surface area contributed by atoms with E-state index >= 15 is 0 Å². The van der Waals surface area contributed by atoms with Crippen LogP contribution in [0.3, 0.4) is 0 Å². The second-order valence-corrected chi connectivity index (χ2v) is 7.04. The number of hydrogen-bond donors (Lipinski definition) is 5. The molecule has 0 saturated heterocycles. The lowest BCUT2D eigenvalue weighted by Crippen LogP contribution is -2.39. The van der Waals surface area contributed by atoms with E-state index in [9.17, 15) is 15.3 Å². The van der Waals surface area contributed by atoms with Gasteiger partial charge >= 0.3 is 0 Å². The smallest absolute Gasteiger partial charge is 0.163 e. The zero-order valence-corrected chi connectivity index (χ0v) is 16.1. The predicted octanol–water partition coefficient (Wildman–Crippen LogP) is 1.59. The van der Waals surface area contributed by atoms with Crippen LogP contribution < -0.4 is 10.6 Å². The Morgan fingerprint density at radius 1 is 1.11 bits per heavy atom. The predicted molar refractivity (Wildman–Crippen MR) is 108 cm³/mol. The average molecular weight is 385 g/mol. The van der Waals surface area contributed by atoms with Gasteiger partial charge in [0.15, 0.2) is 5.65 Å². The molecule has 0 unspecified atom stereocenters. The van der Waals surface area contributed by atoms with Crippen LogP contribution in [0.1, 0.15) is 30.9 Å². The van der Waals surface area contributed by atoms with Crippen molar-refractivity contribution in [3.63, 3.8) is 0 Å². The van der Waals surface area contributed by atoms with Gasteiger partial charge in [-0.1, -0.05) is 44.2 Å². The number of anilines is 2. The summed E-state index contributed by atoms with van der Waals surface area (Å²) in [7, 11) is 0. The minimum atomic E-state index is -1.10. The SMILES string of the molecule is CC(C)c1cnn2c(NCc3ccccc3)cc(N[C@H](CO)[C@@H](O)CO)nc12. The van der Waals surface area contributed by atoms with E-state index in [1.54, 1.807) is 16.8 Å². The highest BCUT2D eigenvalue weighted by Crippen LogP contribution is 2.24. The number of benzene rings is 1. The molecule has 0 bridgehead atoms. The Balaban J connectivity index is 1.95. The molecule has 0 spiro atoms. The second kappa shape index (κ2) is 9.01. The van der Waals surface area contributed by atoms with Gasteiger partial charge in [0, 0.05) is 18.2 Å². The number of aliphatic hydroxyl groups excluding tert-OH is 3. The van der Waals surface area contributed by atoms with Gasteiger partial charge in [-0.15, -0.1) is 0 Å². The first-order valence-electron chi connectivity index (χ1n) is 9.36. The van der Waals surface area contributed by atoms with Gasteiger partial charge in [-0.2, -0.15) is 9.61 Å². The Hall–Kier alpha value is -2.68. The summed E-state index contributed by atoms with van der Waals surface area (Å²) in [5.41, 5.74) is 2.82. The Morgan fingerprint density at radius 2 is 1.86 bits per heavy atom. The Morgan fingerprint density at radius 3 is 2.50 bits per heavy atom. The monoisotopic (exact) mass is 385 g/mol. The number of fused-ring (bicyclic) bond motifs is 1. The molecule has 0 radical (unpaired) electrons. The van der Waals surface area contributed by atoms with Crippen molar-refractivity contribution in [3.8, 4) is 0 Å². The molecule has 2 aromatic heterocycles. The fourth-order valence-electron chi connectivity index (χ4n) is 2.96. The van der Waals surface area contributed by atoms with Crippen LogP contribution in [0.2, 0.25) is 0 Å². The zero-order valence-electron chi connectivity index (χ0n) is 16.1. The standard InChI is InChI=1S/C20H27N5O3/c1-13(2)15-10-22-25-19(21-9-14-6-4-3-5-7-14)8-18(24-20(15)25)23-16(11-26)17(28)12-27/h3-8,10,13,16-17,21,26-28H,9,11-12H2,1-2H3,(H,23,24)/t16-,17+/m1/s1. The van der Waals surface area contributed by atoms with Crippen LogP contribution in [0, 0.1) is 0 Å². The van der Waals surface area contributed by atoms with Crippen LogP contribution in [0.4, 0.5) is 11.6 Å². The van der Waals surface area contributed by atoms with Gasteiger partial charge in [0.1, 0.15) is 11.6 Å². The van der Waals surface area contributed by atoms with Crippen molar-refractivity contribution in [1.82, 2.24) is 14.6 Å². The number of nitrogens with one attached hydrogen (secondary N) is 2. The molecule has 0 aliphatic heterocycles. The van der Waals surface area contributed by atoms with Crippen LogP contribution in [-0.2, 0) is 6.54 Å². The number of aliphatic hydroxyl groups is 3. The molecule has 8 nitrogen and oxygen atoms in total. The van der Waals surface area contributed by atoms with E-state index in [1.165, 1.54) is 0 Å². The number of nitrogens with zero attached hydrogens (tertiary/aromatic N) is 3. The topological polar surface area (TPSA) is 115 Å². The Labute approximate surface area is 163 Å². The number of aromatic nitrogens is 3. The van der Waals surface area contributed by atoms with Gasteiger partial charge in [-0.05, 0) is 11.5 Å². The van der Waals surface area contributed by atoms with E-state index in [4.69, 9.17) is 0 Å². The van der Waals surface area contributed by atoms with Crippen molar-refractivity contribution in [3.05, 3.63) is 53.7 Å². The maximum atomic E-state index is 9.88. The fourth-order valence-corrected chi connectivity index (χ4v) is 2.96. The lowest BCUT2D eigenvalue weighted by atomic mass is 10.1. The molecule has 5 N–H and O–H groups in total. The van der Waals surface area contributed by atoms with Gasteiger partial charge < -0.3 is 26.0 Å². The fraction of sp³-hybridized carbons (Fsp3) is 0.400. The molecule has 2 heterocycles. The van der Waals surface area contributed by atoms with Crippen LogP contribution >= 0.6 is 0 Å². The molecular formula is C20H27N5O3. The first kappa shape index (κ1) is 20.1. The summed E-state index contributed by atoms with van der Waals surface area (Å²) in [6.07, 6.45) is 0.703. The Kier molecular flexibility index (Phi) is 6.45. The molecule has 150 valence electrons. The van der Waals surface area contributed by atoms with Crippen molar-refractivity contribution >= 4 is 17.3 Å². The Bertz CT molecular complexity index is 897. The summed E-state index contributed by atoms with van der Waals surface area (Å²) in [6.45, 7) is 3.96. The summed E-state index contributed by atoms with van der Waals surface area (Å²) in [4.78, 5) is 4.62. The van der Waals surface area contributed by atoms with Crippen LogP contribution in [0.5, 0.6) is 0 Å². The van der Waals surface area contributed by atoms with Gasteiger partial charge in [0.2, 0.25) is 0 Å². The number of hydrogen-bond acceptors (Lipinski definition) is 7. The average Bonchev–Trinajstić information content (AvgIpc) is 3.14. The minimum Gasteiger partial charge on any atom is -0.394 e. The molecule has 0 fully saturated rings. The van der Waals surface area contributed by atoms with Crippen molar-refractivity contribution < 1.29 is 15.3 Å². The first-order valence-corrected chi connectivity index (χ1v) is 9.36. The first-order chi connectivity index (χ1) is 13.5. The quantitative estimate of drug-likeness (QED) is 0.380. The highest BCUT2D eigenvalue weighted by Gasteiger charge is 2.20. The van der Waals surface area contributed by atoms with Gasteiger partial charge in [-0.3, -0.25) is 0 Å². The van der Waals surface area contributed by atoms with Crippen molar-refractivity contribution in [2.24, 2.45) is 0 Å². The third-order valence-electron chi connectivity index (χ3n) is 4.62. The second-order valence-electron chi connectivity index (χ2n) is 7.04. The molecule has 8 heteroatoms. The third-order valence-corrected chi connectivity index (χ3v) is 4.62. The molecular weight excluding hydrogens is 358 g/mol. The highest BCUT2D eigenvalue weighted by atomic mass is 16.3. The van der Waals surface area contributed by atoms with E-state index in [-0.39, 0.29) is 12.5 Å². The largest absolute Gasteiger partial charge is 0.394 e. The molecule has 0 amide bonds. The highest BCUT2D eigenvalue weighted by molar-refractivity contribution is 5.61. The summed E-state index contributed by atoms with van der Waals surface area (Å²) in [5.74, 6) is 1.45. The molecule has 0 aliphatic carbocycles. The molecule has 28 heavy (non-hydrogen) atoms. The maximum Gasteiger partial charge on any atom is 0.163 e. The lowest BCUT2D eigenvalue weighted by Gasteiger charge is -2.22. The summed E-state index contributed by atoms with van der Waals surface area (Å²) in [6, 6.07) is 11.1. The summed E-state index contributed by atoms with van der Waals surface area (Å²) < 4.78 is 1.75. The van der Waals surface area contributed by atoms with E-state index in [0.29, 0.717) is 18.0 Å². The molecule has 1 aromatic carbocycles. The van der Waals surface area contributed by atoms with Crippen LogP contribution in [0.15, 0.2) is 42.6 Å². The van der Waals surface area contributed by atoms with Gasteiger partial charge in [-0.25, -0.2) is 4.98 Å². The van der Waals surface area contributed by atoms with Crippen LogP contribution in [0.25, 0.3) is 5.65 Å². The molecule has 3 rings (SSSR count). The summed E-state index contributed by atoms with van der Waals surface area (Å²) in [5, 5.41) is 39.5. The lowest BCUT2D eigenvalue weighted by molar-refractivity contribution is 0.0612. The molecule has 0 saturated carbocycles.